The van der Waals surface area contributed by atoms with Crippen LogP contribution in [0.1, 0.15) is 40.2 Å². The molecule has 0 saturated heterocycles. The van der Waals surface area contributed by atoms with Gasteiger partial charge in [-0.1, -0.05) is 36.4 Å². The van der Waals surface area contributed by atoms with Crippen LogP contribution in [-0.2, 0) is 12.1 Å². The van der Waals surface area contributed by atoms with Gasteiger partial charge >= 0.3 is 0 Å². The molecule has 4 aromatic rings. The van der Waals surface area contributed by atoms with Crippen LogP contribution in [0, 0.1) is 18.6 Å². The highest BCUT2D eigenvalue weighted by Crippen LogP contribution is 2.39. The van der Waals surface area contributed by atoms with E-state index in [1.54, 1.807) is 29.7 Å². The number of aliphatic hydroxyl groups is 2. The summed E-state index contributed by atoms with van der Waals surface area (Å²) in [6.07, 6.45) is -0.00100. The average molecular weight is 494 g/mol. The number of fused-ring (bicyclic) bond motifs is 1. The predicted octanol–water partition coefficient (Wildman–Crippen LogP) is 3.64. The van der Waals surface area contributed by atoms with Crippen LogP contribution in [0.4, 0.5) is 8.78 Å². The Morgan fingerprint density at radius 1 is 1.06 bits per heavy atom. The normalized spacial score (nSPS) is 21.6. The number of benzene rings is 2. The van der Waals surface area contributed by atoms with Gasteiger partial charge in [0.2, 0.25) is 0 Å². The van der Waals surface area contributed by atoms with E-state index in [0.29, 0.717) is 11.3 Å². The Morgan fingerprint density at radius 2 is 1.72 bits per heavy atom. The zero-order valence-corrected chi connectivity index (χ0v) is 19.5. The monoisotopic (exact) mass is 493 g/mol. The van der Waals surface area contributed by atoms with Crippen molar-refractivity contribution in [1.29, 1.82) is 0 Å². The highest BCUT2D eigenvalue weighted by molar-refractivity contribution is 5.95. The van der Waals surface area contributed by atoms with Crippen molar-refractivity contribution < 1.29 is 28.5 Å². The molecule has 9 heteroatoms. The fraction of sp³-hybridized carbons (Fsp3) is 0.259. The first kappa shape index (κ1) is 23.9. The Bertz CT molecular complexity index is 1390. The van der Waals surface area contributed by atoms with Crippen molar-refractivity contribution in [3.05, 3.63) is 101 Å². The number of aliphatic hydroxyl groups excluding tert-OH is 2. The molecule has 1 saturated carbocycles. The molecule has 0 unspecified atom stereocenters. The topological polar surface area (TPSA) is 96.1 Å². The quantitative estimate of drug-likeness (QED) is 0.381. The number of aromatic nitrogens is 2. The minimum absolute atomic E-state index is 0.155. The molecule has 0 spiro atoms. The summed E-state index contributed by atoms with van der Waals surface area (Å²) in [5.41, 5.74) is 0.587. The molecule has 2 aromatic carbocycles. The Morgan fingerprint density at radius 3 is 2.39 bits per heavy atom. The highest BCUT2D eigenvalue weighted by atomic mass is 19.1. The first-order valence-electron chi connectivity index (χ1n) is 11.6. The average Bonchev–Trinajstić information content (AvgIpc) is 3.35. The SMILES string of the molecule is Cc1nc2c(OCc3c(F)cccc3F)cccn2c1C(=O)N[C@]1(c2ccccc2)C[C@@H](O)[C@@H](O)C1. The second kappa shape index (κ2) is 9.33. The number of ether oxygens (including phenoxy) is 1. The van der Waals surface area contributed by atoms with Crippen molar-refractivity contribution in [2.45, 2.75) is 44.1 Å². The van der Waals surface area contributed by atoms with E-state index < -0.39 is 35.3 Å². The Hall–Kier alpha value is -3.82. The van der Waals surface area contributed by atoms with Gasteiger partial charge in [-0.05, 0) is 36.8 Å². The number of nitrogens with one attached hydrogen (secondary N) is 1. The molecule has 0 radical (unpaired) electrons. The van der Waals surface area contributed by atoms with Gasteiger partial charge in [0, 0.05) is 19.0 Å². The molecule has 2 heterocycles. The molecule has 1 aliphatic rings. The molecule has 1 fully saturated rings. The van der Waals surface area contributed by atoms with Gasteiger partial charge in [0.05, 0.1) is 29.0 Å². The maximum absolute atomic E-state index is 14.0. The van der Waals surface area contributed by atoms with Crippen molar-refractivity contribution >= 4 is 11.6 Å². The van der Waals surface area contributed by atoms with E-state index in [1.807, 2.05) is 30.3 Å². The van der Waals surface area contributed by atoms with Crippen LogP contribution in [-0.4, -0.2) is 37.7 Å². The number of carbonyl (C=O) groups excluding carboxylic acids is 1. The molecule has 3 atom stereocenters. The number of imidazole rings is 1. The minimum Gasteiger partial charge on any atom is -0.485 e. The first-order valence-corrected chi connectivity index (χ1v) is 11.6. The van der Waals surface area contributed by atoms with E-state index in [9.17, 15) is 23.8 Å². The molecule has 1 amide bonds. The second-order valence-electron chi connectivity index (χ2n) is 9.05. The van der Waals surface area contributed by atoms with Crippen LogP contribution in [0.15, 0.2) is 66.9 Å². The fourth-order valence-electron chi connectivity index (χ4n) is 4.88. The van der Waals surface area contributed by atoms with E-state index in [4.69, 9.17) is 4.74 Å². The largest absolute Gasteiger partial charge is 0.485 e. The summed E-state index contributed by atoms with van der Waals surface area (Å²) in [5.74, 6) is -1.61. The van der Waals surface area contributed by atoms with Crippen LogP contribution in [0.3, 0.4) is 0 Å². The van der Waals surface area contributed by atoms with E-state index in [-0.39, 0.29) is 36.5 Å². The third-order valence-corrected chi connectivity index (χ3v) is 6.68. The first-order chi connectivity index (χ1) is 17.3. The summed E-state index contributed by atoms with van der Waals surface area (Å²) in [5, 5.41) is 23.6. The van der Waals surface area contributed by atoms with Gasteiger partial charge in [0.15, 0.2) is 11.4 Å². The van der Waals surface area contributed by atoms with Crippen LogP contribution in [0.5, 0.6) is 5.75 Å². The summed E-state index contributed by atoms with van der Waals surface area (Å²) < 4.78 is 35.3. The van der Waals surface area contributed by atoms with Gasteiger partial charge < -0.3 is 20.3 Å². The van der Waals surface area contributed by atoms with Crippen molar-refractivity contribution in [2.75, 3.05) is 0 Å². The van der Waals surface area contributed by atoms with Crippen LogP contribution in [0.25, 0.3) is 5.65 Å². The third-order valence-electron chi connectivity index (χ3n) is 6.68. The third kappa shape index (κ3) is 4.20. The number of hydrogen-bond donors (Lipinski definition) is 3. The number of pyridine rings is 1. The second-order valence-corrected chi connectivity index (χ2v) is 9.05. The molecular formula is C27H25F2N3O4. The lowest BCUT2D eigenvalue weighted by atomic mass is 9.87. The molecule has 186 valence electrons. The molecule has 2 aromatic heterocycles. The standard InChI is InChI=1S/C27H25F2N3O4/c1-16-24(26(35)31-27(13-21(33)22(34)14-27)17-7-3-2-4-8-17)32-12-6-11-23(25(32)30-16)36-15-18-19(28)9-5-10-20(18)29/h2-12,21-22,33-34H,13-15H2,1H3,(H,31,35)/t21-,22+,27-. The van der Waals surface area contributed by atoms with E-state index >= 15 is 0 Å². The van der Waals surface area contributed by atoms with Gasteiger partial charge in [-0.15, -0.1) is 0 Å². The van der Waals surface area contributed by atoms with Crippen molar-refractivity contribution in [2.24, 2.45) is 0 Å². The number of halogens is 2. The number of nitrogens with zero attached hydrogens (tertiary/aromatic N) is 2. The number of carbonyl (C=O) groups is 1. The fourth-order valence-corrected chi connectivity index (χ4v) is 4.88. The zero-order chi connectivity index (χ0) is 25.4. The van der Waals surface area contributed by atoms with Crippen LogP contribution >= 0.6 is 0 Å². The molecule has 0 bridgehead atoms. The maximum atomic E-state index is 14.0. The molecule has 36 heavy (non-hydrogen) atoms. The smallest absolute Gasteiger partial charge is 0.270 e. The minimum atomic E-state index is -0.979. The lowest BCUT2D eigenvalue weighted by Crippen LogP contribution is -2.45. The van der Waals surface area contributed by atoms with Crippen LogP contribution in [0.2, 0.25) is 0 Å². The number of hydrogen-bond acceptors (Lipinski definition) is 5. The summed E-state index contributed by atoms with van der Waals surface area (Å²) in [4.78, 5) is 18.1. The van der Waals surface area contributed by atoms with Gasteiger partial charge in [0.1, 0.15) is 23.9 Å². The molecule has 0 aliphatic heterocycles. The molecule has 7 nitrogen and oxygen atoms in total. The number of aryl methyl sites for hydroxylation is 1. The summed E-state index contributed by atoms with van der Waals surface area (Å²) in [7, 11) is 0. The van der Waals surface area contributed by atoms with Crippen molar-refractivity contribution in [1.82, 2.24) is 14.7 Å². The zero-order valence-electron chi connectivity index (χ0n) is 19.5. The Kier molecular flexibility index (Phi) is 6.19. The Labute approximate surface area is 206 Å². The molecule has 1 aliphatic carbocycles. The van der Waals surface area contributed by atoms with Crippen molar-refractivity contribution in [3.8, 4) is 5.75 Å². The lowest BCUT2D eigenvalue weighted by molar-refractivity contribution is 0.0438. The van der Waals surface area contributed by atoms with E-state index in [0.717, 1.165) is 17.7 Å². The molecule has 5 rings (SSSR count). The lowest BCUT2D eigenvalue weighted by Gasteiger charge is -2.31. The predicted molar refractivity (Wildman–Crippen MR) is 127 cm³/mol. The van der Waals surface area contributed by atoms with E-state index in [2.05, 4.69) is 10.3 Å². The highest BCUT2D eigenvalue weighted by Gasteiger charge is 2.46. The summed E-state index contributed by atoms with van der Waals surface area (Å²) in [6.45, 7) is 1.33. The maximum Gasteiger partial charge on any atom is 0.270 e. The molecular weight excluding hydrogens is 468 g/mol. The van der Waals surface area contributed by atoms with Crippen LogP contribution < -0.4 is 10.1 Å². The Balaban J connectivity index is 1.47. The summed E-state index contributed by atoms with van der Waals surface area (Å²) in [6, 6.07) is 16.1. The summed E-state index contributed by atoms with van der Waals surface area (Å²) >= 11 is 0. The van der Waals surface area contributed by atoms with Gasteiger partial charge in [0.25, 0.3) is 5.91 Å². The number of rotatable bonds is 6. The van der Waals surface area contributed by atoms with Crippen molar-refractivity contribution in [3.63, 3.8) is 0 Å². The molecule has 3 N–H and O–H groups in total. The number of amides is 1. The van der Waals surface area contributed by atoms with E-state index in [1.165, 1.54) is 6.07 Å². The van der Waals surface area contributed by atoms with Gasteiger partial charge in [-0.3, -0.25) is 9.20 Å². The van der Waals surface area contributed by atoms with Gasteiger partial charge in [-0.2, -0.15) is 0 Å². The van der Waals surface area contributed by atoms with Gasteiger partial charge in [-0.25, -0.2) is 13.8 Å².